The molecule has 1 aromatic rings. The molecule has 0 bridgehead atoms. The van der Waals surface area contributed by atoms with Crippen molar-refractivity contribution in [3.63, 3.8) is 0 Å². The second-order valence-electron chi connectivity index (χ2n) is 5.49. The van der Waals surface area contributed by atoms with Crippen molar-refractivity contribution in [2.24, 2.45) is 0 Å². The number of benzene rings is 1. The number of piperidine rings is 1. The third-order valence-electron chi connectivity index (χ3n) is 3.73. The van der Waals surface area contributed by atoms with E-state index < -0.39 is 6.10 Å². The minimum atomic E-state index is -0.546. The first-order valence-electron chi connectivity index (χ1n) is 7.68. The molecule has 0 amide bonds. The highest BCUT2D eigenvalue weighted by molar-refractivity contribution is 6.35. The van der Waals surface area contributed by atoms with Gasteiger partial charge in [-0.05, 0) is 38.0 Å². The summed E-state index contributed by atoms with van der Waals surface area (Å²) in [6.45, 7) is 5.50. The molecule has 1 fully saturated rings. The lowest BCUT2D eigenvalue weighted by molar-refractivity contribution is -0.00184. The number of aliphatic hydroxyl groups is 1. The minimum Gasteiger partial charge on any atom is -0.489 e. The number of ether oxygens (including phenoxy) is 2. The van der Waals surface area contributed by atoms with Crippen molar-refractivity contribution in [2.75, 3.05) is 32.8 Å². The molecule has 1 unspecified atom stereocenters. The summed E-state index contributed by atoms with van der Waals surface area (Å²) in [6.07, 6.45) is 1.85. The van der Waals surface area contributed by atoms with E-state index in [1.165, 1.54) is 0 Å². The Kier molecular flexibility index (Phi) is 7.25. The largest absolute Gasteiger partial charge is 0.489 e. The number of hydrogen-bond donors (Lipinski definition) is 1. The highest BCUT2D eigenvalue weighted by Gasteiger charge is 2.21. The van der Waals surface area contributed by atoms with Gasteiger partial charge in [0.2, 0.25) is 0 Å². The van der Waals surface area contributed by atoms with E-state index in [4.69, 9.17) is 32.7 Å². The van der Waals surface area contributed by atoms with Gasteiger partial charge in [0, 0.05) is 31.3 Å². The predicted octanol–water partition coefficient (Wildman–Crippen LogP) is 3.23. The first-order valence-corrected chi connectivity index (χ1v) is 8.44. The zero-order valence-electron chi connectivity index (χ0n) is 12.8. The summed E-state index contributed by atoms with van der Waals surface area (Å²) in [7, 11) is 0. The third kappa shape index (κ3) is 5.60. The van der Waals surface area contributed by atoms with Crippen LogP contribution >= 0.6 is 23.2 Å². The van der Waals surface area contributed by atoms with E-state index in [-0.39, 0.29) is 6.61 Å². The van der Waals surface area contributed by atoms with Crippen LogP contribution in [0.3, 0.4) is 0 Å². The fraction of sp³-hybridized carbons (Fsp3) is 0.625. The summed E-state index contributed by atoms with van der Waals surface area (Å²) in [6, 6.07) is 5.06. The molecule has 2 rings (SSSR count). The first kappa shape index (κ1) is 17.8. The van der Waals surface area contributed by atoms with Crippen molar-refractivity contribution in [1.29, 1.82) is 0 Å². The van der Waals surface area contributed by atoms with Gasteiger partial charge in [-0.2, -0.15) is 0 Å². The van der Waals surface area contributed by atoms with Gasteiger partial charge in [-0.3, -0.25) is 0 Å². The zero-order valence-corrected chi connectivity index (χ0v) is 14.3. The van der Waals surface area contributed by atoms with Crippen LogP contribution in [0.2, 0.25) is 10.0 Å². The monoisotopic (exact) mass is 347 g/mol. The lowest BCUT2D eigenvalue weighted by atomic mass is 10.1. The molecule has 0 aliphatic carbocycles. The summed E-state index contributed by atoms with van der Waals surface area (Å²) in [5.74, 6) is 0.542. The van der Waals surface area contributed by atoms with Crippen molar-refractivity contribution >= 4 is 23.2 Å². The topological polar surface area (TPSA) is 41.9 Å². The molecule has 0 saturated carbocycles. The molecule has 1 aliphatic heterocycles. The van der Waals surface area contributed by atoms with Gasteiger partial charge >= 0.3 is 0 Å². The molecule has 6 heteroatoms. The molecule has 1 atom stereocenters. The smallest absolute Gasteiger partial charge is 0.138 e. The van der Waals surface area contributed by atoms with Crippen LogP contribution in [-0.2, 0) is 4.74 Å². The molecule has 4 nitrogen and oxygen atoms in total. The van der Waals surface area contributed by atoms with Gasteiger partial charge in [-0.25, -0.2) is 0 Å². The second kappa shape index (κ2) is 8.94. The first-order chi connectivity index (χ1) is 10.6. The summed E-state index contributed by atoms with van der Waals surface area (Å²) >= 11 is 11.9. The summed E-state index contributed by atoms with van der Waals surface area (Å²) in [5.41, 5.74) is 0. The van der Waals surface area contributed by atoms with Gasteiger partial charge in [-0.1, -0.05) is 23.2 Å². The lowest BCUT2D eigenvalue weighted by Crippen LogP contribution is -2.42. The normalized spacial score (nSPS) is 18.4. The maximum Gasteiger partial charge on any atom is 0.138 e. The van der Waals surface area contributed by atoms with Crippen molar-refractivity contribution < 1.29 is 14.6 Å². The lowest BCUT2D eigenvalue weighted by Gasteiger charge is -2.32. The Bertz CT molecular complexity index is 465. The second-order valence-corrected chi connectivity index (χ2v) is 6.34. The van der Waals surface area contributed by atoms with Crippen LogP contribution in [-0.4, -0.2) is 55.1 Å². The summed E-state index contributed by atoms with van der Waals surface area (Å²) < 4.78 is 11.2. The molecule has 0 spiro atoms. The zero-order chi connectivity index (χ0) is 15.9. The highest BCUT2D eigenvalue weighted by atomic mass is 35.5. The number of likely N-dealkylation sites (tertiary alicyclic amines) is 1. The Balaban J connectivity index is 1.71. The van der Waals surface area contributed by atoms with Crippen LogP contribution in [0.4, 0.5) is 0 Å². The third-order valence-corrected chi connectivity index (χ3v) is 4.26. The number of rotatable bonds is 7. The number of halogens is 2. The Morgan fingerprint density at radius 1 is 1.32 bits per heavy atom. The van der Waals surface area contributed by atoms with Gasteiger partial charge in [0.1, 0.15) is 18.5 Å². The number of aliphatic hydroxyl groups excluding tert-OH is 1. The molecular weight excluding hydrogens is 325 g/mol. The molecule has 1 N–H and O–H groups in total. The van der Waals surface area contributed by atoms with E-state index in [2.05, 4.69) is 4.90 Å². The van der Waals surface area contributed by atoms with Crippen LogP contribution in [0.25, 0.3) is 0 Å². The van der Waals surface area contributed by atoms with Crippen LogP contribution in [0.1, 0.15) is 19.8 Å². The number of β-amino-alcohol motifs (C(OH)–C–C–N with tert-alkyl or cyclic N) is 1. The van der Waals surface area contributed by atoms with Crippen molar-refractivity contribution in [2.45, 2.75) is 32.0 Å². The average Bonchev–Trinajstić information content (AvgIpc) is 2.49. The number of nitrogens with zero attached hydrogens (tertiary/aromatic N) is 1. The van der Waals surface area contributed by atoms with Crippen LogP contribution in [0.5, 0.6) is 5.75 Å². The molecule has 0 radical (unpaired) electrons. The van der Waals surface area contributed by atoms with E-state index in [0.717, 1.165) is 32.5 Å². The summed E-state index contributed by atoms with van der Waals surface area (Å²) in [4.78, 5) is 2.24. The fourth-order valence-corrected chi connectivity index (χ4v) is 3.09. The quantitative estimate of drug-likeness (QED) is 0.822. The molecule has 124 valence electrons. The Morgan fingerprint density at radius 3 is 2.68 bits per heavy atom. The van der Waals surface area contributed by atoms with Gasteiger partial charge in [-0.15, -0.1) is 0 Å². The van der Waals surface area contributed by atoms with Crippen LogP contribution in [0, 0.1) is 0 Å². The Morgan fingerprint density at radius 2 is 2.05 bits per heavy atom. The van der Waals surface area contributed by atoms with E-state index >= 15 is 0 Å². The van der Waals surface area contributed by atoms with E-state index in [9.17, 15) is 5.11 Å². The van der Waals surface area contributed by atoms with Crippen LogP contribution in [0.15, 0.2) is 18.2 Å². The highest BCUT2D eigenvalue weighted by Crippen LogP contribution is 2.27. The van der Waals surface area contributed by atoms with Crippen molar-refractivity contribution in [3.8, 4) is 5.75 Å². The molecule has 1 aliphatic rings. The minimum absolute atomic E-state index is 0.215. The summed E-state index contributed by atoms with van der Waals surface area (Å²) in [5, 5.41) is 11.1. The van der Waals surface area contributed by atoms with Crippen molar-refractivity contribution in [1.82, 2.24) is 4.90 Å². The maximum atomic E-state index is 10.1. The predicted molar refractivity (Wildman–Crippen MR) is 89.1 cm³/mol. The molecule has 1 aromatic carbocycles. The fourth-order valence-electron chi connectivity index (χ4n) is 2.62. The average molecular weight is 348 g/mol. The molecule has 1 heterocycles. The number of hydrogen-bond acceptors (Lipinski definition) is 4. The SMILES string of the molecule is CCOC1CCN(CC(O)COc2ccc(Cl)cc2Cl)CC1. The van der Waals surface area contributed by atoms with E-state index in [1.807, 2.05) is 6.92 Å². The van der Waals surface area contributed by atoms with Gasteiger partial charge in [0.05, 0.1) is 11.1 Å². The molecule has 0 aromatic heterocycles. The molecule has 22 heavy (non-hydrogen) atoms. The van der Waals surface area contributed by atoms with Gasteiger partial charge < -0.3 is 19.5 Å². The van der Waals surface area contributed by atoms with Gasteiger partial charge in [0.25, 0.3) is 0 Å². The Labute approximate surface area is 141 Å². The molecule has 1 saturated heterocycles. The van der Waals surface area contributed by atoms with Crippen molar-refractivity contribution in [3.05, 3.63) is 28.2 Å². The van der Waals surface area contributed by atoms with E-state index in [0.29, 0.717) is 28.4 Å². The Hall–Kier alpha value is -0.520. The van der Waals surface area contributed by atoms with E-state index in [1.54, 1.807) is 18.2 Å². The molecular formula is C16H23Cl2NO3. The van der Waals surface area contributed by atoms with Crippen LogP contribution < -0.4 is 4.74 Å². The standard InChI is InChI=1S/C16H23Cl2NO3/c1-2-21-14-5-7-19(8-6-14)10-13(20)11-22-16-4-3-12(17)9-15(16)18/h3-4,9,13-14,20H,2,5-8,10-11H2,1H3. The van der Waals surface area contributed by atoms with Gasteiger partial charge in [0.15, 0.2) is 0 Å². The maximum absolute atomic E-state index is 10.1.